The predicted octanol–water partition coefficient (Wildman–Crippen LogP) is 3.96. The average Bonchev–Trinajstić information content (AvgIpc) is 2.15. The van der Waals surface area contributed by atoms with E-state index in [1.165, 1.54) is 12.1 Å². The summed E-state index contributed by atoms with van der Waals surface area (Å²) in [6.07, 6.45) is -4.29. The third-order valence-electron chi connectivity index (χ3n) is 1.78. The molecule has 0 saturated carbocycles. The largest absolute Gasteiger partial charge is 0.416 e. The highest BCUT2D eigenvalue weighted by Crippen LogP contribution is 2.29. The zero-order valence-electron chi connectivity index (χ0n) is 7.24. The van der Waals surface area contributed by atoms with Crippen molar-refractivity contribution < 1.29 is 13.2 Å². The molecule has 0 aromatic heterocycles. The molecule has 0 bridgehead atoms. The highest BCUT2D eigenvalue weighted by Gasteiger charge is 2.29. The number of allylic oxidation sites excluding steroid dienone is 1. The minimum Gasteiger partial charge on any atom is -0.166 e. The van der Waals surface area contributed by atoms with Gasteiger partial charge in [-0.1, -0.05) is 18.7 Å². The molecule has 0 unspecified atom stereocenters. The standard InChI is InChI=1S/C10H8ClF3/c1-7(6-11)8-2-4-9(5-3-8)10(12,13)14/h2-5H,1,6H2. The summed E-state index contributed by atoms with van der Waals surface area (Å²) in [5, 5.41) is 0. The van der Waals surface area contributed by atoms with Crippen LogP contribution in [-0.2, 0) is 6.18 Å². The summed E-state index contributed by atoms with van der Waals surface area (Å²) >= 11 is 5.49. The van der Waals surface area contributed by atoms with Gasteiger partial charge in [-0.05, 0) is 23.3 Å². The maximum absolute atomic E-state index is 12.2. The summed E-state index contributed by atoms with van der Waals surface area (Å²) in [6.45, 7) is 3.62. The number of benzene rings is 1. The summed E-state index contributed by atoms with van der Waals surface area (Å²) in [5.74, 6) is 0.214. The molecule has 0 saturated heterocycles. The monoisotopic (exact) mass is 220 g/mol. The highest BCUT2D eigenvalue weighted by atomic mass is 35.5. The van der Waals surface area contributed by atoms with Crippen LogP contribution >= 0.6 is 11.6 Å². The molecule has 1 aromatic rings. The van der Waals surface area contributed by atoms with Crippen molar-refractivity contribution in [3.05, 3.63) is 42.0 Å². The van der Waals surface area contributed by atoms with Gasteiger partial charge in [-0.25, -0.2) is 0 Å². The summed E-state index contributed by atoms with van der Waals surface area (Å²) < 4.78 is 36.5. The Hall–Kier alpha value is -0.960. The van der Waals surface area contributed by atoms with Crippen LogP contribution in [0.3, 0.4) is 0 Å². The summed E-state index contributed by atoms with van der Waals surface area (Å²) in [7, 11) is 0. The molecule has 76 valence electrons. The van der Waals surface area contributed by atoms with Crippen molar-refractivity contribution in [1.82, 2.24) is 0 Å². The van der Waals surface area contributed by atoms with Crippen molar-refractivity contribution in [1.29, 1.82) is 0 Å². The van der Waals surface area contributed by atoms with E-state index >= 15 is 0 Å². The van der Waals surface area contributed by atoms with Crippen LogP contribution < -0.4 is 0 Å². The van der Waals surface area contributed by atoms with Crippen LogP contribution in [0.1, 0.15) is 11.1 Å². The lowest BCUT2D eigenvalue weighted by molar-refractivity contribution is -0.137. The fourth-order valence-corrected chi connectivity index (χ4v) is 1.13. The van der Waals surface area contributed by atoms with E-state index in [9.17, 15) is 13.2 Å². The van der Waals surface area contributed by atoms with Gasteiger partial charge >= 0.3 is 6.18 Å². The van der Waals surface area contributed by atoms with Gasteiger partial charge in [0.2, 0.25) is 0 Å². The topological polar surface area (TPSA) is 0 Å². The van der Waals surface area contributed by atoms with Crippen LogP contribution in [0.2, 0.25) is 0 Å². The van der Waals surface area contributed by atoms with Crippen LogP contribution in [-0.4, -0.2) is 5.88 Å². The Morgan fingerprint density at radius 2 is 1.71 bits per heavy atom. The first-order chi connectivity index (χ1) is 6.45. The zero-order chi connectivity index (χ0) is 10.8. The molecule has 0 aliphatic carbocycles. The van der Waals surface area contributed by atoms with E-state index in [1.807, 2.05) is 0 Å². The van der Waals surface area contributed by atoms with E-state index in [4.69, 9.17) is 11.6 Å². The first kappa shape index (κ1) is 11.1. The van der Waals surface area contributed by atoms with E-state index < -0.39 is 11.7 Å². The minimum absolute atomic E-state index is 0.214. The molecule has 0 aliphatic rings. The zero-order valence-corrected chi connectivity index (χ0v) is 7.99. The van der Waals surface area contributed by atoms with Gasteiger partial charge in [-0.15, -0.1) is 11.6 Å². The molecule has 0 aliphatic heterocycles. The van der Waals surface area contributed by atoms with Gasteiger partial charge in [-0.3, -0.25) is 0 Å². The van der Waals surface area contributed by atoms with Crippen molar-refractivity contribution in [2.45, 2.75) is 6.18 Å². The van der Waals surface area contributed by atoms with E-state index in [0.717, 1.165) is 12.1 Å². The first-order valence-corrected chi connectivity index (χ1v) is 4.40. The van der Waals surface area contributed by atoms with Gasteiger partial charge < -0.3 is 0 Å². The maximum Gasteiger partial charge on any atom is 0.416 e. The van der Waals surface area contributed by atoms with Crippen molar-refractivity contribution in [2.75, 3.05) is 5.88 Å². The number of alkyl halides is 4. The Bertz CT molecular complexity index is 324. The summed E-state index contributed by atoms with van der Waals surface area (Å²) in [5.41, 5.74) is 0.581. The number of hydrogen-bond acceptors (Lipinski definition) is 0. The van der Waals surface area contributed by atoms with Crippen LogP contribution in [0.4, 0.5) is 13.2 Å². The van der Waals surface area contributed by atoms with Gasteiger partial charge in [0.15, 0.2) is 0 Å². The van der Waals surface area contributed by atoms with E-state index in [0.29, 0.717) is 11.1 Å². The van der Waals surface area contributed by atoms with Crippen LogP contribution in [0, 0.1) is 0 Å². The molecule has 0 N–H and O–H groups in total. The van der Waals surface area contributed by atoms with Gasteiger partial charge in [0.25, 0.3) is 0 Å². The molecule has 0 radical (unpaired) electrons. The molecule has 0 heterocycles. The maximum atomic E-state index is 12.2. The van der Waals surface area contributed by atoms with Crippen molar-refractivity contribution in [3.63, 3.8) is 0 Å². The molecule has 0 atom stereocenters. The predicted molar refractivity (Wildman–Crippen MR) is 51.2 cm³/mol. The van der Waals surface area contributed by atoms with Gasteiger partial charge in [0.1, 0.15) is 0 Å². The second-order valence-corrected chi connectivity index (χ2v) is 3.08. The fraction of sp³-hybridized carbons (Fsp3) is 0.200. The van der Waals surface area contributed by atoms with Crippen LogP contribution in [0.15, 0.2) is 30.8 Å². The molecule has 0 fully saturated rings. The Morgan fingerprint density at radius 3 is 2.07 bits per heavy atom. The highest BCUT2D eigenvalue weighted by molar-refractivity contribution is 6.23. The first-order valence-electron chi connectivity index (χ1n) is 3.86. The van der Waals surface area contributed by atoms with Crippen molar-refractivity contribution >= 4 is 17.2 Å². The Morgan fingerprint density at radius 1 is 1.21 bits per heavy atom. The molecule has 1 aromatic carbocycles. The molecule has 0 nitrogen and oxygen atoms in total. The number of rotatable bonds is 2. The van der Waals surface area contributed by atoms with Gasteiger partial charge in [0.05, 0.1) is 5.56 Å². The van der Waals surface area contributed by atoms with Gasteiger partial charge in [0, 0.05) is 5.88 Å². The van der Waals surface area contributed by atoms with Crippen molar-refractivity contribution in [2.24, 2.45) is 0 Å². The van der Waals surface area contributed by atoms with Crippen molar-refractivity contribution in [3.8, 4) is 0 Å². The molecular weight excluding hydrogens is 213 g/mol. The third kappa shape index (κ3) is 2.51. The molecule has 0 amide bonds. The van der Waals surface area contributed by atoms with Crippen LogP contribution in [0.25, 0.3) is 5.57 Å². The van der Waals surface area contributed by atoms with E-state index in [2.05, 4.69) is 6.58 Å². The lowest BCUT2D eigenvalue weighted by Gasteiger charge is -2.07. The second-order valence-electron chi connectivity index (χ2n) is 2.81. The lowest BCUT2D eigenvalue weighted by atomic mass is 10.1. The molecule has 1 rings (SSSR count). The minimum atomic E-state index is -4.29. The molecule has 4 heteroatoms. The third-order valence-corrected chi connectivity index (χ3v) is 2.10. The van der Waals surface area contributed by atoms with Crippen LogP contribution in [0.5, 0.6) is 0 Å². The SMILES string of the molecule is C=C(CCl)c1ccc(C(F)(F)F)cc1. The summed E-state index contributed by atoms with van der Waals surface area (Å²) in [4.78, 5) is 0. The Labute approximate surface area is 85.0 Å². The quantitative estimate of drug-likeness (QED) is 0.662. The Balaban J connectivity index is 2.95. The molecular formula is C10H8ClF3. The smallest absolute Gasteiger partial charge is 0.166 e. The second kappa shape index (κ2) is 4.05. The number of hydrogen-bond donors (Lipinski definition) is 0. The fourth-order valence-electron chi connectivity index (χ4n) is 0.972. The normalized spacial score (nSPS) is 11.4. The summed E-state index contributed by atoms with van der Waals surface area (Å²) in [6, 6.07) is 4.78. The molecule has 0 spiro atoms. The van der Waals surface area contributed by atoms with Gasteiger partial charge in [-0.2, -0.15) is 13.2 Å². The lowest BCUT2D eigenvalue weighted by Crippen LogP contribution is -2.04. The average molecular weight is 221 g/mol. The van der Waals surface area contributed by atoms with E-state index in [1.54, 1.807) is 0 Å². The number of halogens is 4. The van der Waals surface area contributed by atoms with E-state index in [-0.39, 0.29) is 5.88 Å². The Kier molecular flexibility index (Phi) is 3.21. The molecule has 14 heavy (non-hydrogen) atoms.